The maximum absolute atomic E-state index is 14.9. The van der Waals surface area contributed by atoms with Crippen molar-refractivity contribution in [3.05, 3.63) is 63.4 Å². The molecule has 2 fully saturated rings. The molecule has 0 spiro atoms. The van der Waals surface area contributed by atoms with Crippen molar-refractivity contribution in [3.8, 4) is 17.2 Å². The van der Waals surface area contributed by atoms with Crippen LogP contribution in [0.4, 0.5) is 8.78 Å². The Kier molecular flexibility index (Phi) is 12.3. The van der Waals surface area contributed by atoms with Gasteiger partial charge in [0.15, 0.2) is 0 Å². The molecule has 3 aliphatic rings. The molecule has 2 aromatic rings. The third-order valence-corrected chi connectivity index (χ3v) is 11.1. The van der Waals surface area contributed by atoms with Crippen molar-refractivity contribution in [1.82, 2.24) is 14.8 Å². The maximum Gasteiger partial charge on any atom is 0.312 e. The molecular formula is C38H50ClF2N5O7. The summed E-state index contributed by atoms with van der Waals surface area (Å²) in [5.41, 5.74) is 6.07. The Bertz CT molecular complexity index is 1730. The van der Waals surface area contributed by atoms with E-state index < -0.39 is 41.6 Å². The Morgan fingerprint density at radius 3 is 2.47 bits per heavy atom. The normalized spacial score (nSPS) is 22.2. The number of halogens is 3. The van der Waals surface area contributed by atoms with Crippen LogP contribution in [0.2, 0.25) is 5.02 Å². The van der Waals surface area contributed by atoms with Gasteiger partial charge in [-0.2, -0.15) is 8.78 Å². The minimum Gasteiger partial charge on any atom is -0.497 e. The molecule has 0 aromatic heterocycles. The summed E-state index contributed by atoms with van der Waals surface area (Å²) in [6.45, 7) is 2.95. The summed E-state index contributed by atoms with van der Waals surface area (Å²) in [6, 6.07) is 7.80. The van der Waals surface area contributed by atoms with E-state index in [0.29, 0.717) is 79.0 Å². The van der Waals surface area contributed by atoms with Crippen LogP contribution in [0, 0.1) is 11.3 Å². The van der Waals surface area contributed by atoms with Crippen LogP contribution < -0.4 is 25.8 Å². The fraction of sp³-hybridized carbons (Fsp3) is 0.553. The van der Waals surface area contributed by atoms with E-state index in [-0.39, 0.29) is 37.2 Å². The highest BCUT2D eigenvalue weighted by molar-refractivity contribution is 6.31. The zero-order valence-corrected chi connectivity index (χ0v) is 31.8. The van der Waals surface area contributed by atoms with Crippen LogP contribution in [0.5, 0.6) is 17.2 Å². The number of nitrogens with zero attached hydrogens (tertiary/aromatic N) is 3. The topological polar surface area (TPSA) is 150 Å². The fourth-order valence-electron chi connectivity index (χ4n) is 7.96. The van der Waals surface area contributed by atoms with Gasteiger partial charge >= 0.3 is 5.97 Å². The summed E-state index contributed by atoms with van der Waals surface area (Å²) in [7, 11) is 4.34. The summed E-state index contributed by atoms with van der Waals surface area (Å²) in [6.07, 6.45) is 3.84. The first-order valence-corrected chi connectivity index (χ1v) is 18.2. The summed E-state index contributed by atoms with van der Waals surface area (Å²) in [5, 5.41) is 1.21. The van der Waals surface area contributed by atoms with E-state index in [4.69, 9.17) is 42.1 Å². The van der Waals surface area contributed by atoms with E-state index in [1.165, 1.54) is 14.2 Å². The number of fused-ring (bicyclic) bond motifs is 1. The standard InChI is InChI=1S/C38H50ClF2N5O7/c1-37(36(49)53-21-23-11-12-24(50-4)19-31(23)51-5)16-7-6-9-26(37)35(48)46-18-15-25-27(39)13-14-30(33(25)29(46)20-45-17-8-10-32(45)47)52-22-28(42)34(44(3)43)38(2,40)41/h11-14,19,26,29H,6-10,15-18,20-22,42-43H2,1-5H3/b34-28-/t26?,29?,37-/m0/s1. The van der Waals surface area contributed by atoms with E-state index >= 15 is 0 Å². The van der Waals surface area contributed by atoms with Crippen molar-refractivity contribution in [2.24, 2.45) is 22.9 Å². The monoisotopic (exact) mass is 761 g/mol. The zero-order chi connectivity index (χ0) is 38.7. The smallest absolute Gasteiger partial charge is 0.312 e. The SMILES string of the molecule is COc1ccc(COC(=O)[C@@]2(C)CCCCC2C(=O)N2CCc3c(Cl)ccc(OC/C(N)=C(/N(C)N)C(C)(F)F)c3C2CN2CCCC2=O)c(OC)c1. The second-order valence-corrected chi connectivity index (χ2v) is 14.7. The maximum atomic E-state index is 14.9. The Morgan fingerprint density at radius 2 is 1.83 bits per heavy atom. The Labute approximate surface area is 314 Å². The first-order valence-electron chi connectivity index (χ1n) is 17.9. The number of hydrogen-bond donors (Lipinski definition) is 2. The van der Waals surface area contributed by atoms with Gasteiger partial charge in [0.1, 0.15) is 36.2 Å². The summed E-state index contributed by atoms with van der Waals surface area (Å²) in [4.78, 5) is 45.3. The number of methoxy groups -OCH3 is 2. The molecule has 1 aliphatic carbocycles. The number of carbonyl (C=O) groups excluding carboxylic acids is 3. The van der Waals surface area contributed by atoms with Gasteiger partial charge in [0.05, 0.1) is 37.3 Å². The number of hydrazine groups is 1. The van der Waals surface area contributed by atoms with Crippen molar-refractivity contribution in [2.75, 3.05) is 47.5 Å². The van der Waals surface area contributed by atoms with Gasteiger partial charge in [0.2, 0.25) is 11.8 Å². The molecule has 12 nitrogen and oxygen atoms in total. The molecule has 2 unspecified atom stereocenters. The molecule has 2 aliphatic heterocycles. The number of alkyl halides is 2. The third kappa shape index (κ3) is 8.43. The van der Waals surface area contributed by atoms with E-state index in [1.807, 2.05) is 0 Å². The van der Waals surface area contributed by atoms with Crippen LogP contribution in [0.1, 0.15) is 75.1 Å². The molecule has 0 bridgehead atoms. The van der Waals surface area contributed by atoms with Gasteiger partial charge in [0, 0.05) is 62.2 Å². The number of likely N-dealkylation sites (tertiary alicyclic amines) is 1. The molecule has 0 radical (unpaired) electrons. The number of esters is 1. The molecule has 5 rings (SSSR count). The number of amides is 2. The highest BCUT2D eigenvalue weighted by atomic mass is 35.5. The molecule has 1 saturated heterocycles. The van der Waals surface area contributed by atoms with Gasteiger partial charge in [-0.05, 0) is 62.4 Å². The number of ether oxygens (including phenoxy) is 4. The van der Waals surface area contributed by atoms with Crippen molar-refractivity contribution >= 4 is 29.4 Å². The van der Waals surface area contributed by atoms with Gasteiger partial charge < -0.3 is 39.5 Å². The van der Waals surface area contributed by atoms with Gasteiger partial charge in [-0.3, -0.25) is 14.4 Å². The van der Waals surface area contributed by atoms with E-state index in [1.54, 1.807) is 54.2 Å². The number of rotatable bonds is 13. The molecule has 15 heteroatoms. The number of nitrogens with two attached hydrogens (primary N) is 2. The lowest BCUT2D eigenvalue weighted by Gasteiger charge is -2.45. The van der Waals surface area contributed by atoms with Gasteiger partial charge in [-0.15, -0.1) is 0 Å². The van der Waals surface area contributed by atoms with Crippen LogP contribution in [-0.4, -0.2) is 86.0 Å². The molecule has 53 heavy (non-hydrogen) atoms. The second kappa shape index (κ2) is 16.4. The van der Waals surface area contributed by atoms with Crippen molar-refractivity contribution in [2.45, 2.75) is 77.4 Å². The van der Waals surface area contributed by atoms with Crippen LogP contribution in [0.25, 0.3) is 0 Å². The summed E-state index contributed by atoms with van der Waals surface area (Å²) >= 11 is 6.75. The second-order valence-electron chi connectivity index (χ2n) is 14.3. The first-order chi connectivity index (χ1) is 25.1. The van der Waals surface area contributed by atoms with E-state index in [0.717, 1.165) is 23.4 Å². The quantitative estimate of drug-likeness (QED) is 0.155. The predicted octanol–water partition coefficient (Wildman–Crippen LogP) is 5.36. The third-order valence-electron chi connectivity index (χ3n) is 10.7. The zero-order valence-electron chi connectivity index (χ0n) is 31.0. The number of allylic oxidation sites excluding steroid dienone is 1. The van der Waals surface area contributed by atoms with Crippen LogP contribution in [0.15, 0.2) is 41.7 Å². The van der Waals surface area contributed by atoms with Gasteiger partial charge in [0.25, 0.3) is 5.92 Å². The minimum absolute atomic E-state index is 0.0398. The lowest BCUT2D eigenvalue weighted by Crippen LogP contribution is -2.53. The molecule has 2 amide bonds. The summed E-state index contributed by atoms with van der Waals surface area (Å²) < 4.78 is 51.7. The number of hydrogen-bond acceptors (Lipinski definition) is 10. The van der Waals surface area contributed by atoms with Crippen LogP contribution in [0.3, 0.4) is 0 Å². The first kappa shape index (κ1) is 39.9. The van der Waals surface area contributed by atoms with Crippen molar-refractivity contribution in [1.29, 1.82) is 0 Å². The van der Waals surface area contributed by atoms with Crippen molar-refractivity contribution in [3.63, 3.8) is 0 Å². The van der Waals surface area contributed by atoms with Gasteiger partial charge in [-0.1, -0.05) is 24.4 Å². The summed E-state index contributed by atoms with van der Waals surface area (Å²) in [5.74, 6) is 2.28. The highest BCUT2D eigenvalue weighted by Crippen LogP contribution is 2.47. The Balaban J connectivity index is 1.47. The molecule has 4 N–H and O–H groups in total. The van der Waals surface area contributed by atoms with Crippen LogP contribution in [-0.2, 0) is 32.1 Å². The Morgan fingerprint density at radius 1 is 1.08 bits per heavy atom. The lowest BCUT2D eigenvalue weighted by molar-refractivity contribution is -0.169. The van der Waals surface area contributed by atoms with E-state index in [9.17, 15) is 23.2 Å². The molecule has 3 atom stereocenters. The molecule has 290 valence electrons. The van der Waals surface area contributed by atoms with E-state index in [2.05, 4.69) is 0 Å². The van der Waals surface area contributed by atoms with Gasteiger partial charge in [-0.25, -0.2) is 5.84 Å². The average Bonchev–Trinajstić information content (AvgIpc) is 3.52. The number of benzene rings is 2. The van der Waals surface area contributed by atoms with Crippen LogP contribution >= 0.6 is 11.6 Å². The predicted molar refractivity (Wildman–Crippen MR) is 194 cm³/mol. The Hall–Kier alpha value is -4.30. The molecule has 2 heterocycles. The highest BCUT2D eigenvalue weighted by Gasteiger charge is 2.51. The van der Waals surface area contributed by atoms with Crippen molar-refractivity contribution < 1.29 is 42.1 Å². The molecular weight excluding hydrogens is 712 g/mol. The number of carbonyl (C=O) groups is 3. The fourth-order valence-corrected chi connectivity index (χ4v) is 8.22. The molecule has 1 saturated carbocycles. The lowest BCUT2D eigenvalue weighted by atomic mass is 9.66. The average molecular weight is 762 g/mol. The largest absolute Gasteiger partial charge is 0.497 e. The molecule has 2 aromatic carbocycles. The minimum atomic E-state index is -3.34.